The summed E-state index contributed by atoms with van der Waals surface area (Å²) in [5, 5.41) is 0. The maximum absolute atomic E-state index is 12.8. The van der Waals surface area contributed by atoms with E-state index in [1.54, 1.807) is 24.3 Å². The third-order valence-corrected chi connectivity index (χ3v) is 5.72. The van der Waals surface area contributed by atoms with Gasteiger partial charge in [0.1, 0.15) is 0 Å². The predicted octanol–water partition coefficient (Wildman–Crippen LogP) is 3.11. The molecule has 1 aliphatic rings. The van der Waals surface area contributed by atoms with Crippen LogP contribution < -0.4 is 4.72 Å². The summed E-state index contributed by atoms with van der Waals surface area (Å²) in [6.07, 6.45) is 6.39. The van der Waals surface area contributed by atoms with E-state index < -0.39 is 10.0 Å². The maximum Gasteiger partial charge on any atom is 0.229 e. The summed E-state index contributed by atoms with van der Waals surface area (Å²) in [7, 11) is -3.31. The number of nitrogens with one attached hydrogen (secondary N) is 1. The van der Waals surface area contributed by atoms with Gasteiger partial charge in [0, 0.05) is 35.6 Å². The topological polar surface area (TPSA) is 79.4 Å². The van der Waals surface area contributed by atoms with Gasteiger partial charge < -0.3 is 0 Å². The first kappa shape index (κ1) is 19.5. The number of sulfonamides is 1. The fraction of sp³-hybridized carbons (Fsp3) is 0.400. The number of benzene rings is 1. The molecule has 0 amide bonds. The molecule has 144 valence electrons. The van der Waals surface area contributed by atoms with Crippen molar-refractivity contribution in [1.82, 2.24) is 9.88 Å². The van der Waals surface area contributed by atoms with Crippen molar-refractivity contribution in [2.45, 2.75) is 25.8 Å². The average molecular weight is 388 g/mol. The molecule has 27 heavy (non-hydrogen) atoms. The van der Waals surface area contributed by atoms with E-state index in [0.717, 1.165) is 32.2 Å². The zero-order valence-electron chi connectivity index (χ0n) is 15.6. The van der Waals surface area contributed by atoms with Crippen LogP contribution in [0.4, 0.5) is 5.69 Å². The van der Waals surface area contributed by atoms with E-state index in [-0.39, 0.29) is 11.7 Å². The number of likely N-dealkylation sites (tertiary alicyclic amines) is 1. The van der Waals surface area contributed by atoms with E-state index in [4.69, 9.17) is 0 Å². The number of hydrogen-bond donors (Lipinski definition) is 1. The molecular formula is C20H25N3O3S. The number of anilines is 1. The van der Waals surface area contributed by atoms with Crippen LogP contribution >= 0.6 is 0 Å². The lowest BCUT2D eigenvalue weighted by molar-refractivity contribution is 0.0802. The normalized spacial score (nSPS) is 17.4. The van der Waals surface area contributed by atoms with Crippen LogP contribution in [-0.4, -0.2) is 43.4 Å². The molecule has 7 heteroatoms. The van der Waals surface area contributed by atoms with Gasteiger partial charge in [0.05, 0.1) is 6.26 Å². The van der Waals surface area contributed by atoms with Crippen LogP contribution in [0.15, 0.2) is 48.8 Å². The van der Waals surface area contributed by atoms with E-state index in [0.29, 0.717) is 17.3 Å². The van der Waals surface area contributed by atoms with E-state index >= 15 is 0 Å². The van der Waals surface area contributed by atoms with Gasteiger partial charge in [-0.3, -0.25) is 19.4 Å². The largest absolute Gasteiger partial charge is 0.297 e. The summed E-state index contributed by atoms with van der Waals surface area (Å²) in [6, 6.07) is 11.0. The fourth-order valence-electron chi connectivity index (χ4n) is 3.55. The smallest absolute Gasteiger partial charge is 0.229 e. The SMILES string of the molecule is CC(c1ccncc1)N1CCC(C(=O)c2ccc(NS(C)(=O)=O)cc2)CC1. The highest BCUT2D eigenvalue weighted by Crippen LogP contribution is 2.28. The monoisotopic (exact) mass is 387 g/mol. The van der Waals surface area contributed by atoms with Crippen molar-refractivity contribution in [3.05, 3.63) is 59.9 Å². The summed E-state index contributed by atoms with van der Waals surface area (Å²) in [4.78, 5) is 19.2. The van der Waals surface area contributed by atoms with Gasteiger partial charge in [-0.1, -0.05) is 0 Å². The molecule has 6 nitrogen and oxygen atoms in total. The highest BCUT2D eigenvalue weighted by atomic mass is 32.2. The van der Waals surface area contributed by atoms with Crippen LogP contribution in [0.3, 0.4) is 0 Å². The fourth-order valence-corrected chi connectivity index (χ4v) is 4.12. The van der Waals surface area contributed by atoms with Crippen molar-refractivity contribution in [2.75, 3.05) is 24.1 Å². The highest BCUT2D eigenvalue weighted by molar-refractivity contribution is 7.92. The lowest BCUT2D eigenvalue weighted by Crippen LogP contribution is -2.37. The highest BCUT2D eigenvalue weighted by Gasteiger charge is 2.28. The molecule has 2 aromatic rings. The Morgan fingerprint density at radius 3 is 2.26 bits per heavy atom. The second-order valence-corrected chi connectivity index (χ2v) is 8.83. The molecule has 1 aromatic heterocycles. The number of rotatable bonds is 6. The first-order valence-corrected chi connectivity index (χ1v) is 11.0. The Balaban J connectivity index is 1.58. The van der Waals surface area contributed by atoms with Gasteiger partial charge in [-0.05, 0) is 74.8 Å². The molecular weight excluding hydrogens is 362 g/mol. The molecule has 1 unspecified atom stereocenters. The first-order chi connectivity index (χ1) is 12.8. The van der Waals surface area contributed by atoms with Gasteiger partial charge in [-0.15, -0.1) is 0 Å². The molecule has 1 aromatic carbocycles. The molecule has 0 bridgehead atoms. The Morgan fingerprint density at radius 1 is 1.11 bits per heavy atom. The third kappa shape index (κ3) is 5.14. The summed E-state index contributed by atoms with van der Waals surface area (Å²) < 4.78 is 24.9. The lowest BCUT2D eigenvalue weighted by atomic mass is 9.88. The van der Waals surface area contributed by atoms with Crippen LogP contribution in [0.2, 0.25) is 0 Å². The molecule has 1 N–H and O–H groups in total. The second-order valence-electron chi connectivity index (χ2n) is 7.08. The number of ketones is 1. The van der Waals surface area contributed by atoms with Crippen molar-refractivity contribution in [3.8, 4) is 0 Å². The molecule has 0 spiro atoms. The molecule has 1 aliphatic heterocycles. The number of pyridine rings is 1. The molecule has 0 aliphatic carbocycles. The summed E-state index contributed by atoms with van der Waals surface area (Å²) in [5.74, 6) is 0.150. The molecule has 3 rings (SSSR count). The minimum Gasteiger partial charge on any atom is -0.297 e. The Morgan fingerprint density at radius 2 is 1.70 bits per heavy atom. The average Bonchev–Trinajstić information content (AvgIpc) is 2.67. The Hall–Kier alpha value is -2.25. The van der Waals surface area contributed by atoms with Crippen LogP contribution in [0, 0.1) is 5.92 Å². The number of hydrogen-bond acceptors (Lipinski definition) is 5. The van der Waals surface area contributed by atoms with Gasteiger partial charge in [-0.25, -0.2) is 8.42 Å². The standard InChI is InChI=1S/C20H25N3O3S/c1-15(16-7-11-21-12-8-16)23-13-9-18(10-14-23)20(24)17-3-5-19(6-4-17)22-27(2,25)26/h3-8,11-12,15,18,22H,9-10,13-14H2,1-2H3. The van der Waals surface area contributed by atoms with Gasteiger partial charge in [0.2, 0.25) is 10.0 Å². The van der Waals surface area contributed by atoms with E-state index in [2.05, 4.69) is 21.5 Å². The first-order valence-electron chi connectivity index (χ1n) is 9.09. The van der Waals surface area contributed by atoms with Gasteiger partial charge >= 0.3 is 0 Å². The van der Waals surface area contributed by atoms with Gasteiger partial charge in [0.25, 0.3) is 0 Å². The Kier molecular flexibility index (Phi) is 5.92. The minimum atomic E-state index is -3.31. The molecule has 2 heterocycles. The zero-order valence-corrected chi connectivity index (χ0v) is 16.4. The van der Waals surface area contributed by atoms with Crippen LogP contribution in [0.5, 0.6) is 0 Å². The summed E-state index contributed by atoms with van der Waals surface area (Å²) in [6.45, 7) is 3.95. The summed E-state index contributed by atoms with van der Waals surface area (Å²) in [5.41, 5.74) is 2.34. The van der Waals surface area contributed by atoms with Crippen molar-refractivity contribution in [3.63, 3.8) is 0 Å². The second kappa shape index (κ2) is 8.19. The van der Waals surface area contributed by atoms with E-state index in [9.17, 15) is 13.2 Å². The minimum absolute atomic E-state index is 0.0135. The summed E-state index contributed by atoms with van der Waals surface area (Å²) >= 11 is 0. The Labute approximate surface area is 160 Å². The Bertz CT molecular complexity index is 874. The van der Waals surface area contributed by atoms with Crippen molar-refractivity contribution >= 4 is 21.5 Å². The maximum atomic E-state index is 12.8. The lowest BCUT2D eigenvalue weighted by Gasteiger charge is -2.35. The van der Waals surface area contributed by atoms with Gasteiger partial charge in [-0.2, -0.15) is 0 Å². The van der Waals surface area contributed by atoms with Crippen molar-refractivity contribution in [2.24, 2.45) is 5.92 Å². The number of nitrogens with zero attached hydrogens (tertiary/aromatic N) is 2. The molecule has 0 saturated carbocycles. The molecule has 0 radical (unpaired) electrons. The van der Waals surface area contributed by atoms with Crippen LogP contribution in [-0.2, 0) is 10.0 Å². The quantitative estimate of drug-likeness (QED) is 0.771. The van der Waals surface area contributed by atoms with Crippen LogP contribution in [0.1, 0.15) is 41.7 Å². The number of Topliss-reactive ketones (excluding diaryl/α,β-unsaturated/α-hetero) is 1. The van der Waals surface area contributed by atoms with E-state index in [1.165, 1.54) is 5.56 Å². The third-order valence-electron chi connectivity index (χ3n) is 5.11. The van der Waals surface area contributed by atoms with Crippen molar-refractivity contribution < 1.29 is 13.2 Å². The van der Waals surface area contributed by atoms with Gasteiger partial charge in [0.15, 0.2) is 5.78 Å². The number of piperidine rings is 1. The van der Waals surface area contributed by atoms with Crippen molar-refractivity contribution in [1.29, 1.82) is 0 Å². The number of aromatic nitrogens is 1. The number of carbonyl (C=O) groups is 1. The van der Waals surface area contributed by atoms with E-state index in [1.807, 2.05) is 24.5 Å². The predicted molar refractivity (Wildman–Crippen MR) is 106 cm³/mol. The zero-order chi connectivity index (χ0) is 19.4. The molecule has 1 atom stereocenters. The van der Waals surface area contributed by atoms with Crippen LogP contribution in [0.25, 0.3) is 0 Å². The molecule has 1 saturated heterocycles. The number of carbonyl (C=O) groups excluding carboxylic acids is 1. The molecule has 1 fully saturated rings.